The highest BCUT2D eigenvalue weighted by molar-refractivity contribution is 9.10. The highest BCUT2D eigenvalue weighted by Gasteiger charge is 2.34. The minimum Gasteiger partial charge on any atom is -0.377 e. The fourth-order valence-corrected chi connectivity index (χ4v) is 2.31. The maximum Gasteiger partial charge on any atom is 0.106 e. The monoisotopic (exact) mass is 300 g/mol. The normalized spacial score (nSPS) is 30.0. The Bertz CT molecular complexity index is 401. The Morgan fingerprint density at radius 3 is 3.19 bits per heavy atom. The van der Waals surface area contributed by atoms with Gasteiger partial charge in [-0.05, 0) is 40.4 Å². The van der Waals surface area contributed by atoms with E-state index in [4.69, 9.17) is 17.0 Å². The molecule has 0 bridgehead atoms. The Hall–Kier alpha value is -0.360. The molecule has 2 unspecified atom stereocenters. The summed E-state index contributed by atoms with van der Waals surface area (Å²) in [6.07, 6.45) is 0. The highest BCUT2D eigenvalue weighted by Crippen LogP contribution is 2.24. The second kappa shape index (κ2) is 4.87. The smallest absolute Gasteiger partial charge is 0.106 e. The Kier molecular flexibility index (Phi) is 3.69. The van der Waals surface area contributed by atoms with Crippen LogP contribution in [0.15, 0.2) is 22.8 Å². The van der Waals surface area contributed by atoms with Crippen molar-refractivity contribution in [1.82, 2.24) is 10.3 Å². The van der Waals surface area contributed by atoms with Crippen LogP contribution < -0.4 is 5.32 Å². The molecular formula is C11H13BrN2OS. The Morgan fingerprint density at radius 2 is 2.50 bits per heavy atom. The third kappa shape index (κ3) is 2.48. The van der Waals surface area contributed by atoms with E-state index in [1.807, 2.05) is 18.2 Å². The maximum absolute atomic E-state index is 5.57. The molecule has 0 spiro atoms. The van der Waals surface area contributed by atoms with Gasteiger partial charge in [0.25, 0.3) is 0 Å². The van der Waals surface area contributed by atoms with Crippen LogP contribution in [0, 0.1) is 0 Å². The lowest BCUT2D eigenvalue weighted by Crippen LogP contribution is -2.56. The largest absolute Gasteiger partial charge is 0.377 e. The number of pyridine rings is 1. The molecule has 2 heterocycles. The lowest BCUT2D eigenvalue weighted by molar-refractivity contribution is 0.0198. The first-order valence-electron chi connectivity index (χ1n) is 5.08. The molecule has 1 fully saturated rings. The fourth-order valence-electron chi connectivity index (χ4n) is 1.82. The molecule has 0 saturated carbocycles. The lowest BCUT2D eigenvalue weighted by atomic mass is 9.95. The van der Waals surface area contributed by atoms with Gasteiger partial charge < -0.3 is 4.74 Å². The predicted molar refractivity (Wildman–Crippen MR) is 70.7 cm³/mol. The van der Waals surface area contributed by atoms with Gasteiger partial charge in [-0.25, -0.2) is 4.98 Å². The van der Waals surface area contributed by atoms with Gasteiger partial charge in [-0.15, -0.1) is 0 Å². The molecule has 0 amide bonds. The van der Waals surface area contributed by atoms with Gasteiger partial charge in [0.1, 0.15) is 4.60 Å². The summed E-state index contributed by atoms with van der Waals surface area (Å²) in [6, 6.07) is 5.98. The Labute approximate surface area is 109 Å². The van der Waals surface area contributed by atoms with E-state index in [0.717, 1.165) is 10.3 Å². The van der Waals surface area contributed by atoms with Crippen LogP contribution in [0.25, 0.3) is 0 Å². The number of hydrogen-bond donors (Lipinski definition) is 1. The number of nitrogens with zero attached hydrogens (tertiary/aromatic N) is 1. The van der Waals surface area contributed by atoms with Gasteiger partial charge in [-0.3, -0.25) is 5.32 Å². The van der Waals surface area contributed by atoms with Crippen LogP contribution in [0.2, 0.25) is 0 Å². The fraction of sp³-hybridized carbons (Fsp3) is 0.455. The van der Waals surface area contributed by atoms with Crippen molar-refractivity contribution in [2.24, 2.45) is 0 Å². The minimum absolute atomic E-state index is 0.106. The van der Waals surface area contributed by atoms with Crippen LogP contribution in [0.3, 0.4) is 0 Å². The summed E-state index contributed by atoms with van der Waals surface area (Å²) in [6.45, 7) is 3.32. The number of halogens is 1. The average Bonchev–Trinajstić information content (AvgIpc) is 2.29. The predicted octanol–water partition coefficient (Wildman–Crippen LogP) is 2.05. The van der Waals surface area contributed by atoms with Crippen molar-refractivity contribution in [1.29, 1.82) is 0 Å². The number of ether oxygens (including phenoxy) is 1. The number of nitrogens with one attached hydrogen (secondary N) is 1. The van der Waals surface area contributed by atoms with E-state index in [9.17, 15) is 0 Å². The molecular weight excluding hydrogens is 288 g/mol. The molecule has 2 rings (SSSR count). The molecule has 0 aliphatic carbocycles. The summed E-state index contributed by atoms with van der Waals surface area (Å²) in [5, 5.41) is 5.16. The SMILES string of the molecule is CC1(c2cccc(Br)n2)COCC(C=S)N1. The molecule has 86 valence electrons. The van der Waals surface area contributed by atoms with Gasteiger partial charge in [-0.2, -0.15) is 0 Å². The van der Waals surface area contributed by atoms with Crippen molar-refractivity contribution in [2.45, 2.75) is 18.5 Å². The van der Waals surface area contributed by atoms with E-state index in [2.05, 4.69) is 33.2 Å². The van der Waals surface area contributed by atoms with Crippen molar-refractivity contribution in [3.05, 3.63) is 28.5 Å². The molecule has 3 nitrogen and oxygen atoms in total. The third-order valence-electron chi connectivity index (χ3n) is 2.64. The summed E-state index contributed by atoms with van der Waals surface area (Å²) in [7, 11) is 0. The van der Waals surface area contributed by atoms with Gasteiger partial charge >= 0.3 is 0 Å². The number of rotatable bonds is 2. The van der Waals surface area contributed by atoms with Crippen LogP contribution in [-0.2, 0) is 10.3 Å². The summed E-state index contributed by atoms with van der Waals surface area (Å²) in [4.78, 5) is 4.46. The second-order valence-corrected chi connectivity index (χ2v) is 5.16. The summed E-state index contributed by atoms with van der Waals surface area (Å²) >= 11 is 8.33. The van der Waals surface area contributed by atoms with E-state index in [0.29, 0.717) is 13.2 Å². The molecule has 2 atom stereocenters. The van der Waals surface area contributed by atoms with Crippen molar-refractivity contribution >= 4 is 33.5 Å². The van der Waals surface area contributed by atoms with Gasteiger partial charge in [-0.1, -0.05) is 18.3 Å². The topological polar surface area (TPSA) is 34.1 Å². The zero-order valence-electron chi connectivity index (χ0n) is 8.94. The molecule has 0 aromatic carbocycles. The first-order valence-corrected chi connectivity index (χ1v) is 6.34. The summed E-state index contributed by atoms with van der Waals surface area (Å²) in [5.41, 5.74) is 0.686. The average molecular weight is 301 g/mol. The number of hydrogen-bond acceptors (Lipinski definition) is 4. The second-order valence-electron chi connectivity index (χ2n) is 4.08. The molecule has 1 aromatic rings. The van der Waals surface area contributed by atoms with Gasteiger partial charge in [0.05, 0.1) is 30.5 Å². The van der Waals surface area contributed by atoms with Crippen LogP contribution >= 0.6 is 28.1 Å². The van der Waals surface area contributed by atoms with E-state index in [-0.39, 0.29) is 11.6 Å². The molecule has 5 heteroatoms. The molecule has 16 heavy (non-hydrogen) atoms. The number of morpholine rings is 1. The van der Waals surface area contributed by atoms with Crippen LogP contribution in [-0.4, -0.2) is 29.6 Å². The van der Waals surface area contributed by atoms with Crippen LogP contribution in [0.5, 0.6) is 0 Å². The first-order chi connectivity index (χ1) is 7.64. The zero-order chi connectivity index (χ0) is 11.6. The van der Waals surface area contributed by atoms with E-state index >= 15 is 0 Å². The van der Waals surface area contributed by atoms with Crippen LogP contribution in [0.1, 0.15) is 12.6 Å². The molecule has 0 radical (unpaired) electrons. The Morgan fingerprint density at radius 1 is 1.69 bits per heavy atom. The van der Waals surface area contributed by atoms with Crippen molar-refractivity contribution in [3.63, 3.8) is 0 Å². The van der Waals surface area contributed by atoms with Crippen LogP contribution in [0.4, 0.5) is 0 Å². The number of aromatic nitrogens is 1. The summed E-state index contributed by atoms with van der Waals surface area (Å²) in [5.74, 6) is 0. The standard InChI is InChI=1S/C11H13BrN2OS/c1-11(7-15-5-8(6-16)14-11)9-3-2-4-10(12)13-9/h2-4,6,8,14H,5,7H2,1H3. The zero-order valence-corrected chi connectivity index (χ0v) is 11.3. The number of thiocarbonyl (C=S) groups is 1. The minimum atomic E-state index is -0.276. The van der Waals surface area contributed by atoms with Crippen molar-refractivity contribution < 1.29 is 4.74 Å². The lowest BCUT2D eigenvalue weighted by Gasteiger charge is -2.37. The van der Waals surface area contributed by atoms with Gasteiger partial charge in [0, 0.05) is 0 Å². The molecule has 1 saturated heterocycles. The first kappa shape index (κ1) is 12.1. The quantitative estimate of drug-likeness (QED) is 0.670. The van der Waals surface area contributed by atoms with Crippen molar-refractivity contribution in [3.8, 4) is 0 Å². The van der Waals surface area contributed by atoms with Gasteiger partial charge in [0.15, 0.2) is 0 Å². The highest BCUT2D eigenvalue weighted by atomic mass is 79.9. The van der Waals surface area contributed by atoms with Gasteiger partial charge in [0.2, 0.25) is 0 Å². The summed E-state index contributed by atoms with van der Waals surface area (Å²) < 4.78 is 6.40. The molecule has 1 aliphatic rings. The maximum atomic E-state index is 5.57. The van der Waals surface area contributed by atoms with E-state index in [1.54, 1.807) is 5.37 Å². The van der Waals surface area contributed by atoms with Crippen molar-refractivity contribution in [2.75, 3.05) is 13.2 Å². The molecule has 1 aromatic heterocycles. The molecule has 1 aliphatic heterocycles. The molecule has 1 N–H and O–H groups in total. The van der Waals surface area contributed by atoms with E-state index in [1.165, 1.54) is 0 Å². The third-order valence-corrected chi connectivity index (χ3v) is 3.41. The van der Waals surface area contributed by atoms with E-state index < -0.39 is 0 Å². The Balaban J connectivity index is 2.27.